The Balaban J connectivity index is 2.28. The van der Waals surface area contributed by atoms with Crippen LogP contribution in [0.2, 0.25) is 0 Å². The zero-order valence-electron chi connectivity index (χ0n) is 10.8. The molecule has 3 N–H and O–H groups in total. The smallest absolute Gasteiger partial charge is 0.255 e. The number of amides is 1. The number of rotatable bonds is 2. The molecule has 1 amide bonds. The third kappa shape index (κ3) is 3.10. The van der Waals surface area contributed by atoms with E-state index in [4.69, 9.17) is 5.73 Å². The van der Waals surface area contributed by atoms with Crippen LogP contribution >= 0.6 is 0 Å². The minimum absolute atomic E-state index is 0.272. The highest BCUT2D eigenvalue weighted by Crippen LogP contribution is 2.18. The van der Waals surface area contributed by atoms with Crippen molar-refractivity contribution in [3.05, 3.63) is 58.9 Å². The average Bonchev–Trinajstić information content (AvgIpc) is 2.30. The van der Waals surface area contributed by atoms with Gasteiger partial charge in [-0.05, 0) is 43.7 Å². The Morgan fingerprint density at radius 2 is 1.89 bits per heavy atom. The first-order chi connectivity index (χ1) is 8.95. The zero-order chi connectivity index (χ0) is 14.0. The molecule has 4 heteroatoms. The monoisotopic (exact) mass is 258 g/mol. The average molecular weight is 258 g/mol. The highest BCUT2D eigenvalue weighted by atomic mass is 19.1. The van der Waals surface area contributed by atoms with Gasteiger partial charge in [-0.25, -0.2) is 4.39 Å². The molecule has 0 spiro atoms. The molecule has 0 unspecified atom stereocenters. The lowest BCUT2D eigenvalue weighted by Crippen LogP contribution is -2.14. The van der Waals surface area contributed by atoms with Crippen molar-refractivity contribution in [1.82, 2.24) is 0 Å². The fourth-order valence-corrected chi connectivity index (χ4v) is 1.86. The van der Waals surface area contributed by atoms with E-state index in [0.29, 0.717) is 11.3 Å². The summed E-state index contributed by atoms with van der Waals surface area (Å²) in [6.45, 7) is 3.77. The van der Waals surface area contributed by atoms with Gasteiger partial charge in [0.2, 0.25) is 0 Å². The standard InChI is InChI=1S/C15H15FN2O/c1-9-3-4-10(2)14(5-9)15(19)18-13-7-11(16)6-12(17)8-13/h3-8H,17H2,1-2H3,(H,18,19). The molecular weight excluding hydrogens is 243 g/mol. The van der Waals surface area contributed by atoms with Crippen molar-refractivity contribution in [3.8, 4) is 0 Å². The largest absolute Gasteiger partial charge is 0.399 e. The van der Waals surface area contributed by atoms with Crippen LogP contribution in [0.25, 0.3) is 0 Å². The molecule has 0 aliphatic carbocycles. The zero-order valence-corrected chi connectivity index (χ0v) is 10.8. The summed E-state index contributed by atoms with van der Waals surface area (Å²) in [4.78, 5) is 12.1. The van der Waals surface area contributed by atoms with E-state index in [2.05, 4.69) is 5.32 Å². The van der Waals surface area contributed by atoms with E-state index in [-0.39, 0.29) is 11.6 Å². The van der Waals surface area contributed by atoms with Crippen molar-refractivity contribution in [3.63, 3.8) is 0 Å². The van der Waals surface area contributed by atoms with E-state index < -0.39 is 5.82 Å². The molecule has 3 nitrogen and oxygen atoms in total. The Bertz CT molecular complexity index is 618. The fraction of sp³-hybridized carbons (Fsp3) is 0.133. The molecule has 2 aromatic rings. The molecule has 2 aromatic carbocycles. The van der Waals surface area contributed by atoms with Crippen LogP contribution < -0.4 is 11.1 Å². The summed E-state index contributed by atoms with van der Waals surface area (Å²) < 4.78 is 13.2. The number of carbonyl (C=O) groups excluding carboxylic acids is 1. The molecule has 0 heterocycles. The van der Waals surface area contributed by atoms with Gasteiger partial charge < -0.3 is 11.1 Å². The van der Waals surface area contributed by atoms with Crippen LogP contribution in [0.15, 0.2) is 36.4 Å². The number of hydrogen-bond acceptors (Lipinski definition) is 2. The second-order valence-corrected chi connectivity index (χ2v) is 4.55. The maximum atomic E-state index is 13.2. The summed E-state index contributed by atoms with van der Waals surface area (Å²) >= 11 is 0. The van der Waals surface area contributed by atoms with Gasteiger partial charge in [0.05, 0.1) is 0 Å². The normalized spacial score (nSPS) is 10.3. The van der Waals surface area contributed by atoms with Crippen LogP contribution in [0.5, 0.6) is 0 Å². The van der Waals surface area contributed by atoms with E-state index in [1.54, 1.807) is 6.07 Å². The summed E-state index contributed by atoms with van der Waals surface area (Å²) in [7, 11) is 0. The van der Waals surface area contributed by atoms with Gasteiger partial charge in [0, 0.05) is 16.9 Å². The molecule has 0 atom stereocenters. The van der Waals surface area contributed by atoms with E-state index >= 15 is 0 Å². The van der Waals surface area contributed by atoms with Crippen molar-refractivity contribution in [1.29, 1.82) is 0 Å². The molecular formula is C15H15FN2O. The third-order valence-electron chi connectivity index (χ3n) is 2.82. The van der Waals surface area contributed by atoms with Gasteiger partial charge in [-0.2, -0.15) is 0 Å². The van der Waals surface area contributed by atoms with Crippen LogP contribution in [0.3, 0.4) is 0 Å². The van der Waals surface area contributed by atoms with Gasteiger partial charge in [0.25, 0.3) is 5.91 Å². The molecule has 0 aromatic heterocycles. The summed E-state index contributed by atoms with van der Waals surface area (Å²) in [5, 5.41) is 2.65. The Morgan fingerprint density at radius 3 is 2.58 bits per heavy atom. The second kappa shape index (κ2) is 5.10. The second-order valence-electron chi connectivity index (χ2n) is 4.55. The van der Waals surface area contributed by atoms with Crippen molar-refractivity contribution < 1.29 is 9.18 Å². The van der Waals surface area contributed by atoms with Crippen molar-refractivity contribution in [2.75, 3.05) is 11.1 Å². The van der Waals surface area contributed by atoms with Crippen molar-refractivity contribution in [2.24, 2.45) is 0 Å². The van der Waals surface area contributed by atoms with Gasteiger partial charge >= 0.3 is 0 Å². The first kappa shape index (κ1) is 13.1. The summed E-state index contributed by atoms with van der Waals surface area (Å²) in [6.07, 6.45) is 0. The molecule has 0 fully saturated rings. The number of nitrogens with one attached hydrogen (secondary N) is 1. The SMILES string of the molecule is Cc1ccc(C)c(C(=O)Nc2cc(N)cc(F)c2)c1. The lowest BCUT2D eigenvalue weighted by Gasteiger charge is -2.09. The van der Waals surface area contributed by atoms with Crippen LogP contribution in [-0.2, 0) is 0 Å². The summed E-state index contributed by atoms with van der Waals surface area (Å²) in [5.74, 6) is -0.748. The molecule has 98 valence electrons. The minimum Gasteiger partial charge on any atom is -0.399 e. The lowest BCUT2D eigenvalue weighted by atomic mass is 10.0. The molecule has 19 heavy (non-hydrogen) atoms. The number of halogens is 1. The Labute approximate surface area is 111 Å². The first-order valence-electron chi connectivity index (χ1n) is 5.90. The molecule has 0 saturated heterocycles. The molecule has 0 radical (unpaired) electrons. The van der Waals surface area contributed by atoms with E-state index in [9.17, 15) is 9.18 Å². The van der Waals surface area contributed by atoms with E-state index in [0.717, 1.165) is 11.1 Å². The molecule has 0 aliphatic heterocycles. The maximum Gasteiger partial charge on any atom is 0.255 e. The Hall–Kier alpha value is -2.36. The maximum absolute atomic E-state index is 13.2. The summed E-state index contributed by atoms with van der Waals surface area (Å²) in [5.41, 5.74) is 8.60. The minimum atomic E-state index is -0.476. The van der Waals surface area contributed by atoms with E-state index in [1.807, 2.05) is 26.0 Å². The highest BCUT2D eigenvalue weighted by Gasteiger charge is 2.10. The number of hydrogen-bond donors (Lipinski definition) is 2. The number of aryl methyl sites for hydroxylation is 2. The Morgan fingerprint density at radius 1 is 1.16 bits per heavy atom. The third-order valence-corrected chi connectivity index (χ3v) is 2.82. The topological polar surface area (TPSA) is 55.1 Å². The number of nitrogen functional groups attached to an aromatic ring is 1. The number of benzene rings is 2. The van der Waals surface area contributed by atoms with Crippen LogP contribution in [0, 0.1) is 19.7 Å². The first-order valence-corrected chi connectivity index (χ1v) is 5.90. The highest BCUT2D eigenvalue weighted by molar-refractivity contribution is 6.05. The van der Waals surface area contributed by atoms with Crippen molar-refractivity contribution in [2.45, 2.75) is 13.8 Å². The van der Waals surface area contributed by atoms with Gasteiger partial charge in [0.15, 0.2) is 0 Å². The molecule has 0 aliphatic rings. The number of nitrogens with two attached hydrogens (primary N) is 1. The predicted molar refractivity (Wildman–Crippen MR) is 74.7 cm³/mol. The molecule has 2 rings (SSSR count). The van der Waals surface area contributed by atoms with Gasteiger partial charge in [-0.1, -0.05) is 17.7 Å². The van der Waals surface area contributed by atoms with Gasteiger partial charge in [-0.3, -0.25) is 4.79 Å². The predicted octanol–water partition coefficient (Wildman–Crippen LogP) is 3.28. The number of carbonyl (C=O) groups is 1. The Kier molecular flexibility index (Phi) is 3.51. The van der Waals surface area contributed by atoms with E-state index in [1.165, 1.54) is 18.2 Å². The fourth-order valence-electron chi connectivity index (χ4n) is 1.86. The number of anilines is 2. The lowest BCUT2D eigenvalue weighted by molar-refractivity contribution is 0.102. The molecule has 0 bridgehead atoms. The van der Waals surface area contributed by atoms with Crippen LogP contribution in [0.1, 0.15) is 21.5 Å². The van der Waals surface area contributed by atoms with Gasteiger partial charge in [0.1, 0.15) is 5.82 Å². The van der Waals surface area contributed by atoms with Crippen LogP contribution in [0.4, 0.5) is 15.8 Å². The van der Waals surface area contributed by atoms with Gasteiger partial charge in [-0.15, -0.1) is 0 Å². The molecule has 0 saturated carbocycles. The van der Waals surface area contributed by atoms with Crippen molar-refractivity contribution >= 4 is 17.3 Å². The van der Waals surface area contributed by atoms with Crippen LogP contribution in [-0.4, -0.2) is 5.91 Å². The summed E-state index contributed by atoms with van der Waals surface area (Å²) in [6, 6.07) is 9.57. The quantitative estimate of drug-likeness (QED) is 0.812.